The lowest BCUT2D eigenvalue weighted by molar-refractivity contribution is 0.379. The minimum Gasteiger partial charge on any atom is -0.493 e. The van der Waals surface area contributed by atoms with Crippen molar-refractivity contribution in [2.75, 3.05) is 14.2 Å². The summed E-state index contributed by atoms with van der Waals surface area (Å²) < 4.78 is 11.4. The van der Waals surface area contributed by atoms with Gasteiger partial charge in [0.05, 0.1) is 19.1 Å². The van der Waals surface area contributed by atoms with Crippen LogP contribution in [0, 0.1) is 6.92 Å². The first-order valence-electron chi connectivity index (χ1n) is 7.69. The fraction of sp³-hybridized carbons (Fsp3) is 0.316. The summed E-state index contributed by atoms with van der Waals surface area (Å²) in [6, 6.07) is 13.9. The summed E-state index contributed by atoms with van der Waals surface area (Å²) in [5, 5.41) is 0. The van der Waals surface area contributed by atoms with Gasteiger partial charge in [-0.05, 0) is 44.5 Å². The van der Waals surface area contributed by atoms with Crippen LogP contribution in [-0.4, -0.2) is 31.4 Å². The Balaban J connectivity index is 2.28. The average Bonchev–Trinajstić information content (AvgIpc) is 2.54. The number of hydrogen-bond acceptors (Lipinski definition) is 3. The third-order valence-corrected chi connectivity index (χ3v) is 3.65. The van der Waals surface area contributed by atoms with Gasteiger partial charge in [-0.15, -0.1) is 0 Å². The molecule has 0 heterocycles. The van der Waals surface area contributed by atoms with Crippen LogP contribution in [0.1, 0.15) is 19.4 Å². The Bertz CT molecular complexity index is 667. The van der Waals surface area contributed by atoms with E-state index in [4.69, 9.17) is 9.47 Å². The van der Waals surface area contributed by atoms with Crippen molar-refractivity contribution in [3.05, 3.63) is 48.0 Å². The summed E-state index contributed by atoms with van der Waals surface area (Å²) >= 11 is 0. The fourth-order valence-electron chi connectivity index (χ4n) is 1.93. The summed E-state index contributed by atoms with van der Waals surface area (Å²) in [7, 11) is 3.64. The van der Waals surface area contributed by atoms with E-state index in [0.717, 1.165) is 17.0 Å². The number of benzene rings is 2. The van der Waals surface area contributed by atoms with E-state index in [1.807, 2.05) is 62.8 Å². The van der Waals surface area contributed by atoms with Gasteiger partial charge < -0.3 is 14.4 Å². The molecular formula is C19H24N2O2. The van der Waals surface area contributed by atoms with Crippen molar-refractivity contribution >= 4 is 12.0 Å². The number of para-hydroxylation sites is 1. The van der Waals surface area contributed by atoms with Crippen molar-refractivity contribution in [3.8, 4) is 17.2 Å². The molecule has 0 aromatic heterocycles. The second-order valence-electron chi connectivity index (χ2n) is 5.71. The van der Waals surface area contributed by atoms with Crippen LogP contribution in [0.2, 0.25) is 0 Å². The van der Waals surface area contributed by atoms with Gasteiger partial charge >= 0.3 is 0 Å². The molecule has 0 atom stereocenters. The molecule has 4 heteroatoms. The predicted octanol–water partition coefficient (Wildman–Crippen LogP) is 4.80. The molecule has 0 saturated heterocycles. The highest BCUT2D eigenvalue weighted by molar-refractivity contribution is 5.66. The number of hydrogen-bond donors (Lipinski definition) is 0. The second-order valence-corrected chi connectivity index (χ2v) is 5.71. The molecule has 2 aromatic rings. The molecule has 122 valence electrons. The van der Waals surface area contributed by atoms with Crippen molar-refractivity contribution in [1.82, 2.24) is 4.90 Å². The third kappa shape index (κ3) is 4.49. The molecule has 0 aliphatic carbocycles. The summed E-state index contributed by atoms with van der Waals surface area (Å²) in [5.41, 5.74) is 1.90. The molecule has 23 heavy (non-hydrogen) atoms. The molecule has 0 saturated carbocycles. The molecule has 0 bridgehead atoms. The normalized spacial score (nSPS) is 11.0. The molecule has 0 fully saturated rings. The van der Waals surface area contributed by atoms with E-state index in [2.05, 4.69) is 23.7 Å². The molecule has 0 radical (unpaired) electrons. The number of methoxy groups -OCH3 is 1. The Morgan fingerprint density at radius 1 is 1.09 bits per heavy atom. The highest BCUT2D eigenvalue weighted by atomic mass is 16.5. The maximum absolute atomic E-state index is 5.91. The lowest BCUT2D eigenvalue weighted by atomic mass is 10.2. The van der Waals surface area contributed by atoms with Gasteiger partial charge in [0.1, 0.15) is 5.75 Å². The molecule has 0 aliphatic rings. The topological polar surface area (TPSA) is 34.1 Å². The highest BCUT2D eigenvalue weighted by Gasteiger charge is 2.10. The van der Waals surface area contributed by atoms with Crippen LogP contribution in [-0.2, 0) is 0 Å². The fourth-order valence-corrected chi connectivity index (χ4v) is 1.93. The summed E-state index contributed by atoms with van der Waals surface area (Å²) in [5.74, 6) is 2.13. The van der Waals surface area contributed by atoms with Crippen LogP contribution in [0.5, 0.6) is 17.2 Å². The zero-order valence-corrected chi connectivity index (χ0v) is 14.4. The molecule has 2 aromatic carbocycles. The standard InChI is InChI=1S/C19H24N2O2/c1-14(2)21(4)13-20-17-12-18(22-5)19(11-15(17)3)23-16-9-7-6-8-10-16/h6-14H,1-5H3. The third-order valence-electron chi connectivity index (χ3n) is 3.65. The zero-order valence-electron chi connectivity index (χ0n) is 14.4. The average molecular weight is 312 g/mol. The number of aliphatic imine (C=N–C) groups is 1. The van der Waals surface area contributed by atoms with Crippen molar-refractivity contribution in [2.45, 2.75) is 26.8 Å². The number of nitrogens with zero attached hydrogens (tertiary/aromatic N) is 2. The van der Waals surface area contributed by atoms with Gasteiger partial charge in [0, 0.05) is 19.2 Å². The van der Waals surface area contributed by atoms with E-state index in [1.165, 1.54) is 0 Å². The Morgan fingerprint density at radius 3 is 2.39 bits per heavy atom. The Hall–Kier alpha value is -2.49. The second kappa shape index (κ2) is 7.68. The van der Waals surface area contributed by atoms with Crippen LogP contribution in [0.15, 0.2) is 47.5 Å². The first-order chi connectivity index (χ1) is 11.0. The molecule has 2 rings (SSSR count). The van der Waals surface area contributed by atoms with Gasteiger partial charge in [-0.1, -0.05) is 18.2 Å². The van der Waals surface area contributed by atoms with Crippen molar-refractivity contribution in [2.24, 2.45) is 4.99 Å². The van der Waals surface area contributed by atoms with Crippen LogP contribution in [0.25, 0.3) is 0 Å². The lowest BCUT2D eigenvalue weighted by Gasteiger charge is -2.18. The first kappa shape index (κ1) is 16.9. The SMILES string of the molecule is COc1cc(N=CN(C)C(C)C)c(C)cc1Oc1ccccc1. The molecule has 4 nitrogen and oxygen atoms in total. The number of aryl methyl sites for hydroxylation is 1. The largest absolute Gasteiger partial charge is 0.493 e. The van der Waals surface area contributed by atoms with E-state index in [9.17, 15) is 0 Å². The van der Waals surface area contributed by atoms with Gasteiger partial charge in [-0.2, -0.15) is 0 Å². The molecule has 0 amide bonds. The van der Waals surface area contributed by atoms with Gasteiger partial charge in [0.25, 0.3) is 0 Å². The van der Waals surface area contributed by atoms with Gasteiger partial charge in [-0.3, -0.25) is 0 Å². The Morgan fingerprint density at radius 2 is 1.78 bits per heavy atom. The quantitative estimate of drug-likeness (QED) is 0.568. The van der Waals surface area contributed by atoms with Gasteiger partial charge in [0.15, 0.2) is 11.5 Å². The van der Waals surface area contributed by atoms with Crippen molar-refractivity contribution in [1.29, 1.82) is 0 Å². The highest BCUT2D eigenvalue weighted by Crippen LogP contribution is 2.37. The Labute approximate surface area is 138 Å². The molecular weight excluding hydrogens is 288 g/mol. The lowest BCUT2D eigenvalue weighted by Crippen LogP contribution is -2.24. The smallest absolute Gasteiger partial charge is 0.169 e. The first-order valence-corrected chi connectivity index (χ1v) is 7.69. The minimum absolute atomic E-state index is 0.404. The number of rotatable bonds is 6. The van der Waals surface area contributed by atoms with Gasteiger partial charge in [-0.25, -0.2) is 4.99 Å². The predicted molar refractivity (Wildman–Crippen MR) is 95.3 cm³/mol. The maximum Gasteiger partial charge on any atom is 0.169 e. The molecule has 0 unspecified atom stereocenters. The molecule has 0 N–H and O–H groups in total. The number of ether oxygens (including phenoxy) is 2. The van der Waals surface area contributed by atoms with Crippen molar-refractivity contribution < 1.29 is 9.47 Å². The van der Waals surface area contributed by atoms with E-state index < -0.39 is 0 Å². The summed E-state index contributed by atoms with van der Waals surface area (Å²) in [6.07, 6.45) is 1.84. The van der Waals surface area contributed by atoms with E-state index in [1.54, 1.807) is 7.11 Å². The summed E-state index contributed by atoms with van der Waals surface area (Å²) in [6.45, 7) is 6.26. The van der Waals surface area contributed by atoms with Gasteiger partial charge in [0.2, 0.25) is 0 Å². The van der Waals surface area contributed by atoms with Crippen LogP contribution < -0.4 is 9.47 Å². The molecule has 0 aliphatic heterocycles. The van der Waals surface area contributed by atoms with Crippen LogP contribution >= 0.6 is 0 Å². The van der Waals surface area contributed by atoms with Crippen LogP contribution in [0.3, 0.4) is 0 Å². The maximum atomic E-state index is 5.91. The van der Waals surface area contributed by atoms with Crippen LogP contribution in [0.4, 0.5) is 5.69 Å². The van der Waals surface area contributed by atoms with E-state index >= 15 is 0 Å². The van der Waals surface area contributed by atoms with Crippen molar-refractivity contribution in [3.63, 3.8) is 0 Å². The summed E-state index contributed by atoms with van der Waals surface area (Å²) in [4.78, 5) is 6.60. The van der Waals surface area contributed by atoms with E-state index in [-0.39, 0.29) is 0 Å². The molecule has 0 spiro atoms. The zero-order chi connectivity index (χ0) is 16.8. The van der Waals surface area contributed by atoms with E-state index in [0.29, 0.717) is 17.5 Å². The Kier molecular flexibility index (Phi) is 5.63. The monoisotopic (exact) mass is 312 g/mol. The minimum atomic E-state index is 0.404.